The van der Waals surface area contributed by atoms with Crippen molar-refractivity contribution in [1.82, 2.24) is 5.32 Å². The zero-order valence-electron chi connectivity index (χ0n) is 17.2. The van der Waals surface area contributed by atoms with E-state index in [9.17, 15) is 14.7 Å². The van der Waals surface area contributed by atoms with Crippen molar-refractivity contribution in [2.45, 2.75) is 31.2 Å². The van der Waals surface area contributed by atoms with Gasteiger partial charge in [-0.2, -0.15) is 0 Å². The van der Waals surface area contributed by atoms with Crippen molar-refractivity contribution < 1.29 is 19.4 Å². The van der Waals surface area contributed by atoms with Crippen molar-refractivity contribution in [3.8, 4) is 11.1 Å². The molecule has 0 aliphatic heterocycles. The van der Waals surface area contributed by atoms with Crippen molar-refractivity contribution in [3.63, 3.8) is 0 Å². The van der Waals surface area contributed by atoms with Crippen molar-refractivity contribution in [3.05, 3.63) is 94.5 Å². The maximum Gasteiger partial charge on any atom is 0.408 e. The molecule has 5 nitrogen and oxygen atoms in total. The number of carbonyl (C=O) groups excluding carboxylic acids is 1. The van der Waals surface area contributed by atoms with Gasteiger partial charge in [-0.1, -0.05) is 72.3 Å². The number of rotatable bonds is 4. The third-order valence-corrected chi connectivity index (χ3v) is 6.52. The molecule has 3 aromatic rings. The topological polar surface area (TPSA) is 75.6 Å². The molecule has 1 amide bonds. The number of hydrogen-bond acceptors (Lipinski definition) is 3. The van der Waals surface area contributed by atoms with Gasteiger partial charge in [-0.15, -0.1) is 0 Å². The summed E-state index contributed by atoms with van der Waals surface area (Å²) in [7, 11) is 0. The van der Waals surface area contributed by atoms with Crippen LogP contribution in [0.4, 0.5) is 4.79 Å². The Hall–Kier alpha value is -3.60. The molecule has 5 heteroatoms. The van der Waals surface area contributed by atoms with E-state index in [1.54, 1.807) is 0 Å². The third kappa shape index (κ3) is 3.08. The maximum absolute atomic E-state index is 12.8. The highest BCUT2D eigenvalue weighted by atomic mass is 16.5. The SMILES string of the molecule is Cc1ccc2c(c1)C(NC(=O)OCC1c3ccccc3-c3ccccc31)(C(=O)O)CC2. The fourth-order valence-corrected chi connectivity index (χ4v) is 4.98. The molecular weight excluding hydrogens is 390 g/mol. The van der Waals surface area contributed by atoms with Gasteiger partial charge in [0.15, 0.2) is 5.54 Å². The van der Waals surface area contributed by atoms with E-state index in [4.69, 9.17) is 4.74 Å². The number of aryl methyl sites for hydroxylation is 2. The average molecular weight is 413 g/mol. The molecule has 0 spiro atoms. The molecular formula is C26H23NO4. The standard InChI is InChI=1S/C26H23NO4/c1-16-10-11-17-12-13-26(24(28)29,23(17)14-16)27-25(30)31-15-22-20-8-4-2-6-18(20)19-7-3-5-9-21(19)22/h2-11,14,22H,12-13,15H2,1H3,(H,27,30)(H,28,29). The van der Waals surface area contributed by atoms with Crippen LogP contribution in [0.3, 0.4) is 0 Å². The van der Waals surface area contributed by atoms with Crippen LogP contribution in [0.1, 0.15) is 40.2 Å². The van der Waals surface area contributed by atoms with Crippen molar-refractivity contribution in [2.24, 2.45) is 0 Å². The van der Waals surface area contributed by atoms with Gasteiger partial charge in [0.25, 0.3) is 0 Å². The summed E-state index contributed by atoms with van der Waals surface area (Å²) in [5, 5.41) is 12.7. The molecule has 1 unspecified atom stereocenters. The first-order valence-electron chi connectivity index (χ1n) is 10.5. The predicted molar refractivity (Wildman–Crippen MR) is 117 cm³/mol. The number of carboxylic acid groups (broad SMARTS) is 1. The number of carbonyl (C=O) groups is 2. The van der Waals surface area contributed by atoms with Crippen LogP contribution >= 0.6 is 0 Å². The summed E-state index contributed by atoms with van der Waals surface area (Å²) in [6, 6.07) is 22.0. The second kappa shape index (κ2) is 7.27. The van der Waals surface area contributed by atoms with Gasteiger partial charge in [-0.25, -0.2) is 9.59 Å². The van der Waals surface area contributed by atoms with Crippen LogP contribution in [0, 0.1) is 6.92 Å². The van der Waals surface area contributed by atoms with Crippen LogP contribution in [-0.4, -0.2) is 23.8 Å². The monoisotopic (exact) mass is 413 g/mol. The lowest BCUT2D eigenvalue weighted by Gasteiger charge is -2.27. The molecule has 0 radical (unpaired) electrons. The fourth-order valence-electron chi connectivity index (χ4n) is 4.98. The summed E-state index contributed by atoms with van der Waals surface area (Å²) in [6.45, 7) is 2.06. The lowest BCUT2D eigenvalue weighted by atomic mass is 9.91. The van der Waals surface area contributed by atoms with Gasteiger partial charge in [-0.3, -0.25) is 0 Å². The van der Waals surface area contributed by atoms with E-state index in [0.717, 1.165) is 33.4 Å². The minimum absolute atomic E-state index is 0.0722. The van der Waals surface area contributed by atoms with Crippen LogP contribution in [0.15, 0.2) is 66.7 Å². The first-order valence-corrected chi connectivity index (χ1v) is 10.5. The van der Waals surface area contributed by atoms with Crippen molar-refractivity contribution in [2.75, 3.05) is 6.61 Å². The lowest BCUT2D eigenvalue weighted by Crippen LogP contribution is -2.50. The van der Waals surface area contributed by atoms with E-state index >= 15 is 0 Å². The van der Waals surface area contributed by atoms with E-state index in [1.165, 1.54) is 0 Å². The smallest absolute Gasteiger partial charge is 0.408 e. The number of carboxylic acids is 1. The quantitative estimate of drug-likeness (QED) is 0.647. The number of ether oxygens (including phenoxy) is 1. The highest BCUT2D eigenvalue weighted by Crippen LogP contribution is 2.44. The van der Waals surface area contributed by atoms with Gasteiger partial charge in [-0.05, 0) is 53.1 Å². The molecule has 2 aliphatic carbocycles. The average Bonchev–Trinajstić information content (AvgIpc) is 3.29. The lowest BCUT2D eigenvalue weighted by molar-refractivity contribution is -0.145. The number of hydrogen-bond donors (Lipinski definition) is 2. The number of amides is 1. The minimum Gasteiger partial charge on any atom is -0.479 e. The molecule has 31 heavy (non-hydrogen) atoms. The second-order valence-electron chi connectivity index (χ2n) is 8.32. The molecule has 156 valence electrons. The van der Waals surface area contributed by atoms with Gasteiger partial charge < -0.3 is 15.2 Å². The zero-order chi connectivity index (χ0) is 21.6. The number of fused-ring (bicyclic) bond motifs is 4. The maximum atomic E-state index is 12.8. The van der Waals surface area contributed by atoms with Gasteiger partial charge in [0.2, 0.25) is 0 Å². The Bertz CT molecular complexity index is 1160. The Morgan fingerprint density at radius 1 is 1.03 bits per heavy atom. The van der Waals surface area contributed by atoms with Crippen LogP contribution in [0.25, 0.3) is 11.1 Å². The van der Waals surface area contributed by atoms with Crippen molar-refractivity contribution >= 4 is 12.1 Å². The Balaban J connectivity index is 1.37. The van der Waals surface area contributed by atoms with Gasteiger partial charge >= 0.3 is 12.1 Å². The largest absolute Gasteiger partial charge is 0.479 e. The fraction of sp³-hybridized carbons (Fsp3) is 0.231. The molecule has 5 rings (SSSR count). The molecule has 0 heterocycles. The Labute approximate surface area is 180 Å². The highest BCUT2D eigenvalue weighted by Gasteiger charge is 2.47. The molecule has 0 saturated heterocycles. The van der Waals surface area contributed by atoms with Gasteiger partial charge in [0, 0.05) is 5.92 Å². The summed E-state index contributed by atoms with van der Waals surface area (Å²) < 4.78 is 5.61. The molecule has 0 fully saturated rings. The Morgan fingerprint density at radius 2 is 1.68 bits per heavy atom. The van der Waals surface area contributed by atoms with Gasteiger partial charge in [0.05, 0.1) is 0 Å². The molecule has 1 atom stereocenters. The first kappa shape index (κ1) is 19.4. The van der Waals surface area contributed by atoms with E-state index in [0.29, 0.717) is 18.4 Å². The zero-order valence-corrected chi connectivity index (χ0v) is 17.2. The summed E-state index contributed by atoms with van der Waals surface area (Å²) in [6.07, 6.45) is 0.204. The molecule has 0 saturated carbocycles. The molecule has 0 bridgehead atoms. The predicted octanol–water partition coefficient (Wildman–Crippen LogP) is 4.76. The van der Waals surface area contributed by atoms with E-state index < -0.39 is 17.6 Å². The summed E-state index contributed by atoms with van der Waals surface area (Å²) in [5.74, 6) is -1.14. The van der Waals surface area contributed by atoms with Gasteiger partial charge in [0.1, 0.15) is 6.61 Å². The minimum atomic E-state index is -1.45. The second-order valence-corrected chi connectivity index (χ2v) is 8.32. The number of aliphatic carboxylic acids is 1. The molecule has 3 aromatic carbocycles. The Kier molecular flexibility index (Phi) is 4.54. The van der Waals surface area contributed by atoms with Crippen LogP contribution in [0.2, 0.25) is 0 Å². The summed E-state index contributed by atoms with van der Waals surface area (Å²) >= 11 is 0. The molecule has 2 aliphatic rings. The van der Waals surface area contributed by atoms with E-state index in [1.807, 2.05) is 49.4 Å². The van der Waals surface area contributed by atoms with E-state index in [2.05, 4.69) is 29.6 Å². The number of alkyl carbamates (subject to hydrolysis) is 1. The number of benzene rings is 3. The van der Waals surface area contributed by atoms with E-state index in [-0.39, 0.29) is 12.5 Å². The summed E-state index contributed by atoms with van der Waals surface area (Å²) in [4.78, 5) is 25.0. The number of nitrogens with one attached hydrogen (secondary N) is 1. The van der Waals surface area contributed by atoms with Crippen LogP contribution in [-0.2, 0) is 21.5 Å². The first-order chi connectivity index (χ1) is 15.0. The van der Waals surface area contributed by atoms with Crippen LogP contribution < -0.4 is 5.32 Å². The van der Waals surface area contributed by atoms with Crippen LogP contribution in [0.5, 0.6) is 0 Å². The van der Waals surface area contributed by atoms with Crippen molar-refractivity contribution in [1.29, 1.82) is 0 Å². The third-order valence-electron chi connectivity index (χ3n) is 6.52. The highest BCUT2D eigenvalue weighted by molar-refractivity contribution is 5.87. The normalized spacial score (nSPS) is 18.7. The molecule has 2 N–H and O–H groups in total. The molecule has 0 aromatic heterocycles. The summed E-state index contributed by atoms with van der Waals surface area (Å²) in [5.41, 5.74) is 5.63. The Morgan fingerprint density at radius 3 is 2.32 bits per heavy atom.